The molecule has 0 saturated carbocycles. The highest BCUT2D eigenvalue weighted by Gasteiger charge is 2.25. The number of nitrogens with one attached hydrogen (secondary N) is 1. The molecule has 0 aromatic carbocycles. The van der Waals surface area contributed by atoms with Gasteiger partial charge in [-0.3, -0.25) is 14.8 Å². The number of aromatic nitrogens is 3. The second-order valence-corrected chi connectivity index (χ2v) is 4.42. The number of hydrogen-bond acceptors (Lipinski definition) is 4. The van der Waals surface area contributed by atoms with Crippen molar-refractivity contribution < 1.29 is 4.79 Å². The molecule has 2 heterocycles. The van der Waals surface area contributed by atoms with Gasteiger partial charge in [0.1, 0.15) is 6.33 Å². The average molecular weight is 237 g/mol. The summed E-state index contributed by atoms with van der Waals surface area (Å²) in [5.74, 6) is 0.285. The predicted molar refractivity (Wildman–Crippen MR) is 63.6 cm³/mol. The van der Waals surface area contributed by atoms with Crippen LogP contribution in [0.5, 0.6) is 0 Å². The first-order chi connectivity index (χ1) is 8.22. The van der Waals surface area contributed by atoms with Crippen LogP contribution in [-0.4, -0.2) is 63.1 Å². The summed E-state index contributed by atoms with van der Waals surface area (Å²) >= 11 is 0. The van der Waals surface area contributed by atoms with Crippen LogP contribution in [0, 0.1) is 0 Å². The number of hydrogen-bond donors (Lipinski definition) is 1. The standard InChI is InChI=1S/C11H19N5O/c1-3-9(2)15-4-6-16(7-5-15)11(17)10-12-8-13-14-10/h8-9H,3-7H2,1-2H3,(H,12,13,14). The topological polar surface area (TPSA) is 65.1 Å². The predicted octanol–water partition coefficient (Wildman–Crippen LogP) is 0.361. The summed E-state index contributed by atoms with van der Waals surface area (Å²) in [5.41, 5.74) is 0. The van der Waals surface area contributed by atoms with E-state index in [1.54, 1.807) is 0 Å². The SMILES string of the molecule is CCC(C)N1CCN(C(=O)c2ncn[nH]2)CC1. The van der Waals surface area contributed by atoms with E-state index < -0.39 is 0 Å². The van der Waals surface area contributed by atoms with E-state index in [1.807, 2.05) is 4.90 Å². The summed E-state index contributed by atoms with van der Waals surface area (Å²) < 4.78 is 0. The van der Waals surface area contributed by atoms with E-state index in [0.717, 1.165) is 32.6 Å². The lowest BCUT2D eigenvalue weighted by Crippen LogP contribution is -2.51. The van der Waals surface area contributed by atoms with Crippen molar-refractivity contribution in [2.75, 3.05) is 26.2 Å². The number of aromatic amines is 1. The second kappa shape index (κ2) is 5.27. The van der Waals surface area contributed by atoms with Crippen LogP contribution in [-0.2, 0) is 0 Å². The normalized spacial score (nSPS) is 19.3. The molecule has 1 aromatic heterocycles. The first kappa shape index (κ1) is 12.0. The second-order valence-electron chi connectivity index (χ2n) is 4.42. The Labute approximate surface area is 101 Å². The maximum absolute atomic E-state index is 12.0. The van der Waals surface area contributed by atoms with E-state index in [2.05, 4.69) is 33.9 Å². The Morgan fingerprint density at radius 2 is 2.18 bits per heavy atom. The van der Waals surface area contributed by atoms with Crippen LogP contribution in [0.3, 0.4) is 0 Å². The summed E-state index contributed by atoms with van der Waals surface area (Å²) in [7, 11) is 0. The first-order valence-corrected chi connectivity index (χ1v) is 6.11. The summed E-state index contributed by atoms with van der Waals surface area (Å²) in [6.07, 6.45) is 2.51. The molecule has 6 nitrogen and oxygen atoms in total. The minimum absolute atomic E-state index is 0.0497. The molecule has 1 aromatic rings. The third-order valence-electron chi connectivity index (χ3n) is 3.43. The fourth-order valence-corrected chi connectivity index (χ4v) is 2.08. The lowest BCUT2D eigenvalue weighted by Gasteiger charge is -2.37. The minimum Gasteiger partial charge on any atom is -0.333 e. The van der Waals surface area contributed by atoms with E-state index in [4.69, 9.17) is 0 Å². The molecule has 0 spiro atoms. The van der Waals surface area contributed by atoms with Crippen molar-refractivity contribution in [3.05, 3.63) is 12.2 Å². The molecule has 1 N–H and O–H groups in total. The van der Waals surface area contributed by atoms with Crippen molar-refractivity contribution in [2.45, 2.75) is 26.3 Å². The zero-order chi connectivity index (χ0) is 12.3. The molecule has 1 saturated heterocycles. The van der Waals surface area contributed by atoms with Gasteiger partial charge in [0.05, 0.1) is 0 Å². The fraction of sp³-hybridized carbons (Fsp3) is 0.727. The number of H-pyrrole nitrogens is 1. The number of amides is 1. The van der Waals surface area contributed by atoms with Gasteiger partial charge in [-0.2, -0.15) is 5.10 Å². The maximum atomic E-state index is 12.0. The van der Waals surface area contributed by atoms with Crippen LogP contribution in [0.15, 0.2) is 6.33 Å². The third kappa shape index (κ3) is 2.63. The van der Waals surface area contributed by atoms with Crippen LogP contribution in [0.1, 0.15) is 30.9 Å². The molecule has 0 bridgehead atoms. The van der Waals surface area contributed by atoms with Gasteiger partial charge in [-0.1, -0.05) is 6.92 Å². The minimum atomic E-state index is -0.0497. The van der Waals surface area contributed by atoms with Crippen LogP contribution < -0.4 is 0 Å². The molecule has 1 unspecified atom stereocenters. The van der Waals surface area contributed by atoms with Gasteiger partial charge in [-0.15, -0.1) is 0 Å². The van der Waals surface area contributed by atoms with Crippen molar-refractivity contribution >= 4 is 5.91 Å². The number of rotatable bonds is 3. The molecule has 0 aliphatic carbocycles. The van der Waals surface area contributed by atoms with E-state index in [9.17, 15) is 4.79 Å². The van der Waals surface area contributed by atoms with Gasteiger partial charge in [0.2, 0.25) is 5.82 Å². The van der Waals surface area contributed by atoms with E-state index in [1.165, 1.54) is 6.33 Å². The fourth-order valence-electron chi connectivity index (χ4n) is 2.08. The van der Waals surface area contributed by atoms with Gasteiger partial charge in [-0.25, -0.2) is 4.98 Å². The Morgan fingerprint density at radius 1 is 1.47 bits per heavy atom. The highest BCUT2D eigenvalue weighted by Crippen LogP contribution is 2.10. The zero-order valence-corrected chi connectivity index (χ0v) is 10.4. The van der Waals surface area contributed by atoms with Crippen molar-refractivity contribution in [3.63, 3.8) is 0 Å². The van der Waals surface area contributed by atoms with Crippen molar-refractivity contribution in [1.82, 2.24) is 25.0 Å². The molecule has 1 aliphatic heterocycles. The maximum Gasteiger partial charge on any atom is 0.291 e. The van der Waals surface area contributed by atoms with Gasteiger partial charge in [-0.05, 0) is 13.3 Å². The summed E-state index contributed by atoms with van der Waals surface area (Å²) in [6.45, 7) is 7.84. The molecule has 1 fully saturated rings. The lowest BCUT2D eigenvalue weighted by atomic mass is 10.2. The van der Waals surface area contributed by atoms with Crippen molar-refractivity contribution in [1.29, 1.82) is 0 Å². The van der Waals surface area contributed by atoms with Crippen LogP contribution in [0.25, 0.3) is 0 Å². The number of carbonyl (C=O) groups excluding carboxylic acids is 1. The van der Waals surface area contributed by atoms with Gasteiger partial charge in [0, 0.05) is 32.2 Å². The molecule has 6 heteroatoms. The highest BCUT2D eigenvalue weighted by molar-refractivity contribution is 5.90. The Bertz CT molecular complexity index is 356. The van der Waals surface area contributed by atoms with Crippen LogP contribution in [0.2, 0.25) is 0 Å². The molecule has 2 rings (SSSR count). The molecule has 1 aliphatic rings. The number of nitrogens with zero attached hydrogens (tertiary/aromatic N) is 4. The molecule has 1 amide bonds. The zero-order valence-electron chi connectivity index (χ0n) is 10.4. The molecule has 94 valence electrons. The summed E-state index contributed by atoms with van der Waals surface area (Å²) in [4.78, 5) is 20.1. The van der Waals surface area contributed by atoms with Gasteiger partial charge >= 0.3 is 0 Å². The average Bonchev–Trinajstić information content (AvgIpc) is 2.91. The first-order valence-electron chi connectivity index (χ1n) is 6.11. The van der Waals surface area contributed by atoms with E-state index in [-0.39, 0.29) is 5.91 Å². The molecule has 0 radical (unpaired) electrons. The summed E-state index contributed by atoms with van der Waals surface area (Å²) in [6, 6.07) is 0.595. The number of piperazine rings is 1. The third-order valence-corrected chi connectivity index (χ3v) is 3.43. The lowest BCUT2D eigenvalue weighted by molar-refractivity contribution is 0.0569. The van der Waals surface area contributed by atoms with E-state index in [0.29, 0.717) is 11.9 Å². The monoisotopic (exact) mass is 237 g/mol. The van der Waals surface area contributed by atoms with E-state index >= 15 is 0 Å². The largest absolute Gasteiger partial charge is 0.333 e. The smallest absolute Gasteiger partial charge is 0.291 e. The quantitative estimate of drug-likeness (QED) is 0.824. The van der Waals surface area contributed by atoms with Crippen molar-refractivity contribution in [2.24, 2.45) is 0 Å². The Balaban J connectivity index is 1.89. The van der Waals surface area contributed by atoms with Crippen LogP contribution in [0.4, 0.5) is 0 Å². The molecular formula is C11H19N5O. The highest BCUT2D eigenvalue weighted by atomic mass is 16.2. The van der Waals surface area contributed by atoms with Gasteiger partial charge in [0.25, 0.3) is 5.91 Å². The van der Waals surface area contributed by atoms with Gasteiger partial charge in [0.15, 0.2) is 0 Å². The molecule has 17 heavy (non-hydrogen) atoms. The Kier molecular flexibility index (Phi) is 3.73. The van der Waals surface area contributed by atoms with Gasteiger partial charge < -0.3 is 4.90 Å². The Morgan fingerprint density at radius 3 is 2.71 bits per heavy atom. The molecular weight excluding hydrogens is 218 g/mol. The molecule has 1 atom stereocenters. The number of carbonyl (C=O) groups is 1. The summed E-state index contributed by atoms with van der Waals surface area (Å²) in [5, 5.41) is 6.31. The van der Waals surface area contributed by atoms with Crippen LogP contribution >= 0.6 is 0 Å². The van der Waals surface area contributed by atoms with Crippen molar-refractivity contribution in [3.8, 4) is 0 Å². The Hall–Kier alpha value is -1.43.